The molecular formula is C25H27N5O5S. The van der Waals surface area contributed by atoms with Gasteiger partial charge >= 0.3 is 18.0 Å². The molecule has 0 aromatic carbocycles. The lowest BCUT2D eigenvalue weighted by molar-refractivity contribution is 0.0517. The summed E-state index contributed by atoms with van der Waals surface area (Å²) in [5.74, 6) is -0.693. The van der Waals surface area contributed by atoms with Crippen LogP contribution in [0.5, 0.6) is 0 Å². The second-order valence-corrected chi connectivity index (χ2v) is 8.87. The van der Waals surface area contributed by atoms with Crippen LogP contribution >= 0.6 is 11.3 Å². The fourth-order valence-corrected chi connectivity index (χ4v) is 4.61. The van der Waals surface area contributed by atoms with Crippen molar-refractivity contribution >= 4 is 35.1 Å². The van der Waals surface area contributed by atoms with Crippen LogP contribution in [0.25, 0.3) is 21.7 Å². The summed E-state index contributed by atoms with van der Waals surface area (Å²) in [5.41, 5.74) is 2.83. The molecule has 1 aliphatic rings. The van der Waals surface area contributed by atoms with Gasteiger partial charge in [-0.25, -0.2) is 24.4 Å². The number of rotatable bonds is 9. The maximum absolute atomic E-state index is 13.2. The van der Waals surface area contributed by atoms with Crippen molar-refractivity contribution in [3.63, 3.8) is 0 Å². The molecule has 3 aromatic rings. The predicted octanol–water partition coefficient (Wildman–Crippen LogP) is 4.64. The van der Waals surface area contributed by atoms with Crippen LogP contribution < -0.4 is 10.6 Å². The van der Waals surface area contributed by atoms with Gasteiger partial charge in [0.2, 0.25) is 0 Å². The number of thiazole rings is 1. The summed E-state index contributed by atoms with van der Waals surface area (Å²) in [6.45, 7) is 5.97. The van der Waals surface area contributed by atoms with Crippen molar-refractivity contribution in [1.29, 1.82) is 0 Å². The third-order valence-electron chi connectivity index (χ3n) is 5.42. The fourth-order valence-electron chi connectivity index (χ4n) is 3.64. The number of nitrogens with zero attached hydrogens (tertiary/aromatic N) is 3. The Hall–Kier alpha value is -3.86. The highest BCUT2D eigenvalue weighted by molar-refractivity contribution is 7.13. The molecule has 0 bridgehead atoms. The van der Waals surface area contributed by atoms with Gasteiger partial charge in [0.05, 0.1) is 24.5 Å². The van der Waals surface area contributed by atoms with Crippen LogP contribution in [0.15, 0.2) is 30.0 Å². The molecule has 3 heterocycles. The van der Waals surface area contributed by atoms with Gasteiger partial charge in [0, 0.05) is 53.1 Å². The van der Waals surface area contributed by atoms with Gasteiger partial charge in [-0.3, -0.25) is 10.3 Å². The van der Waals surface area contributed by atoms with E-state index < -0.39 is 18.0 Å². The molecule has 1 aliphatic carbocycles. The molecule has 36 heavy (non-hydrogen) atoms. The van der Waals surface area contributed by atoms with Gasteiger partial charge < -0.3 is 14.8 Å². The van der Waals surface area contributed by atoms with Gasteiger partial charge in [0.1, 0.15) is 16.4 Å². The summed E-state index contributed by atoms with van der Waals surface area (Å²) in [5, 5.41) is 7.86. The molecule has 3 aromatic heterocycles. The van der Waals surface area contributed by atoms with E-state index in [0.29, 0.717) is 34.2 Å². The number of esters is 2. The molecule has 10 nitrogen and oxygen atoms in total. The maximum atomic E-state index is 13.2. The van der Waals surface area contributed by atoms with Crippen LogP contribution in [-0.2, 0) is 9.47 Å². The van der Waals surface area contributed by atoms with Gasteiger partial charge in [-0.2, -0.15) is 0 Å². The molecule has 0 radical (unpaired) electrons. The summed E-state index contributed by atoms with van der Waals surface area (Å²) < 4.78 is 10.5. The molecule has 0 spiro atoms. The lowest BCUT2D eigenvalue weighted by atomic mass is 9.97. The maximum Gasteiger partial charge on any atom is 0.342 e. The Kier molecular flexibility index (Phi) is 7.89. The Bertz CT molecular complexity index is 1290. The van der Waals surface area contributed by atoms with Crippen molar-refractivity contribution in [2.24, 2.45) is 0 Å². The summed E-state index contributed by atoms with van der Waals surface area (Å²) in [6.07, 6.45) is 6.67. The van der Waals surface area contributed by atoms with E-state index in [1.165, 1.54) is 23.7 Å². The first-order chi connectivity index (χ1) is 17.5. The first-order valence-corrected chi connectivity index (χ1v) is 12.7. The first kappa shape index (κ1) is 25.2. The van der Waals surface area contributed by atoms with Crippen LogP contribution in [0.2, 0.25) is 0 Å². The molecule has 11 heteroatoms. The molecule has 0 saturated heterocycles. The standard InChI is InChI=1S/C25H27N5O5S/c1-4-27-25(33)30-21-20(24(32)35-6-3)19(22-29-18(13-36-22)14-7-8-14)17(12-28-21)15-9-16(11-26-10-15)23(31)34-5-2/h9-14H,4-8H2,1-3H3,(H2,27,28,30,33). The number of amides is 2. The van der Waals surface area contributed by atoms with Gasteiger partial charge in [-0.1, -0.05) is 0 Å². The second-order valence-electron chi connectivity index (χ2n) is 8.01. The van der Waals surface area contributed by atoms with E-state index in [2.05, 4.69) is 20.6 Å². The number of carbonyl (C=O) groups excluding carboxylic acids is 3. The number of hydrogen-bond donors (Lipinski definition) is 2. The zero-order valence-corrected chi connectivity index (χ0v) is 21.1. The fraction of sp³-hybridized carbons (Fsp3) is 0.360. The molecule has 188 valence electrons. The van der Waals surface area contributed by atoms with Crippen molar-refractivity contribution < 1.29 is 23.9 Å². The van der Waals surface area contributed by atoms with Crippen LogP contribution in [0.1, 0.15) is 65.9 Å². The van der Waals surface area contributed by atoms with E-state index in [1.54, 1.807) is 33.0 Å². The molecular weight excluding hydrogens is 482 g/mol. The average Bonchev–Trinajstić information content (AvgIpc) is 3.61. The largest absolute Gasteiger partial charge is 0.462 e. The highest BCUT2D eigenvalue weighted by Gasteiger charge is 2.30. The van der Waals surface area contributed by atoms with Gasteiger partial charge in [0.25, 0.3) is 0 Å². The number of ether oxygens (including phenoxy) is 2. The third kappa shape index (κ3) is 5.51. The first-order valence-electron chi connectivity index (χ1n) is 11.8. The molecule has 0 unspecified atom stereocenters. The monoisotopic (exact) mass is 509 g/mol. The molecule has 1 fully saturated rings. The minimum atomic E-state index is -0.647. The Balaban J connectivity index is 1.92. The zero-order chi connectivity index (χ0) is 25.7. The van der Waals surface area contributed by atoms with Crippen LogP contribution in [0, 0.1) is 0 Å². The summed E-state index contributed by atoms with van der Waals surface area (Å²) in [4.78, 5) is 51.4. The highest BCUT2D eigenvalue weighted by atomic mass is 32.1. The predicted molar refractivity (Wildman–Crippen MR) is 135 cm³/mol. The Morgan fingerprint density at radius 1 is 1.06 bits per heavy atom. The lowest BCUT2D eigenvalue weighted by Gasteiger charge is -2.17. The third-order valence-corrected chi connectivity index (χ3v) is 6.30. The quantitative estimate of drug-likeness (QED) is 0.399. The Labute approximate surface area is 212 Å². The van der Waals surface area contributed by atoms with Crippen LogP contribution in [0.3, 0.4) is 0 Å². The lowest BCUT2D eigenvalue weighted by Crippen LogP contribution is -2.29. The van der Waals surface area contributed by atoms with Crippen molar-refractivity contribution in [1.82, 2.24) is 20.3 Å². The highest BCUT2D eigenvalue weighted by Crippen LogP contribution is 2.44. The smallest absolute Gasteiger partial charge is 0.342 e. The van der Waals surface area contributed by atoms with Crippen molar-refractivity contribution in [3.05, 3.63) is 46.9 Å². The normalized spacial score (nSPS) is 12.6. The van der Waals surface area contributed by atoms with E-state index in [0.717, 1.165) is 18.5 Å². The number of urea groups is 1. The van der Waals surface area contributed by atoms with E-state index in [1.807, 2.05) is 5.38 Å². The molecule has 2 amide bonds. The molecule has 1 saturated carbocycles. The van der Waals surface area contributed by atoms with Crippen molar-refractivity contribution in [3.8, 4) is 21.7 Å². The summed E-state index contributed by atoms with van der Waals surface area (Å²) in [6, 6.07) is 1.13. The van der Waals surface area contributed by atoms with Crippen LogP contribution in [0.4, 0.5) is 10.6 Å². The average molecular weight is 510 g/mol. The summed E-state index contributed by atoms with van der Waals surface area (Å²) >= 11 is 1.40. The van der Waals surface area contributed by atoms with E-state index in [-0.39, 0.29) is 30.2 Å². The van der Waals surface area contributed by atoms with Crippen molar-refractivity contribution in [2.45, 2.75) is 39.5 Å². The van der Waals surface area contributed by atoms with E-state index in [9.17, 15) is 14.4 Å². The molecule has 0 aliphatic heterocycles. The van der Waals surface area contributed by atoms with E-state index >= 15 is 0 Å². The number of pyridine rings is 2. The Morgan fingerprint density at radius 2 is 1.81 bits per heavy atom. The number of aromatic nitrogens is 3. The zero-order valence-electron chi connectivity index (χ0n) is 20.3. The topological polar surface area (TPSA) is 132 Å². The van der Waals surface area contributed by atoms with Gasteiger partial charge in [-0.05, 0) is 39.7 Å². The minimum absolute atomic E-state index is 0.0517. The number of nitrogens with one attached hydrogen (secondary N) is 2. The Morgan fingerprint density at radius 3 is 2.50 bits per heavy atom. The van der Waals surface area contributed by atoms with E-state index in [4.69, 9.17) is 14.5 Å². The molecule has 4 rings (SSSR count). The van der Waals surface area contributed by atoms with Gasteiger partial charge in [0.15, 0.2) is 0 Å². The number of carbonyl (C=O) groups is 3. The van der Waals surface area contributed by atoms with Crippen LogP contribution in [-0.4, -0.2) is 52.7 Å². The molecule has 2 N–H and O–H groups in total. The minimum Gasteiger partial charge on any atom is -0.462 e. The molecule has 0 atom stereocenters. The number of anilines is 1. The van der Waals surface area contributed by atoms with Crippen molar-refractivity contribution in [2.75, 3.05) is 25.1 Å². The second kappa shape index (κ2) is 11.3. The van der Waals surface area contributed by atoms with Gasteiger partial charge in [-0.15, -0.1) is 11.3 Å². The number of hydrogen-bond acceptors (Lipinski definition) is 9. The summed E-state index contributed by atoms with van der Waals surface area (Å²) in [7, 11) is 0. The SMILES string of the molecule is CCNC(=O)Nc1ncc(-c2cncc(C(=O)OCC)c2)c(-c2nc(C3CC3)cs2)c1C(=O)OCC.